The molecular formula is C28H35NO6. The van der Waals surface area contributed by atoms with E-state index >= 15 is 0 Å². The molecule has 1 aliphatic carbocycles. The van der Waals surface area contributed by atoms with Gasteiger partial charge in [0.2, 0.25) is 11.7 Å². The van der Waals surface area contributed by atoms with Crippen LogP contribution in [0.1, 0.15) is 49.3 Å². The van der Waals surface area contributed by atoms with E-state index in [9.17, 15) is 9.90 Å². The van der Waals surface area contributed by atoms with Crippen molar-refractivity contribution in [2.24, 2.45) is 5.92 Å². The minimum absolute atomic E-state index is 0.0418. The van der Waals surface area contributed by atoms with Crippen molar-refractivity contribution in [1.82, 2.24) is 4.90 Å². The first kappa shape index (κ1) is 24.9. The van der Waals surface area contributed by atoms with E-state index in [1.807, 2.05) is 29.2 Å². The maximum absolute atomic E-state index is 13.6. The predicted octanol–water partition coefficient (Wildman–Crippen LogP) is 4.63. The fourth-order valence-electron chi connectivity index (χ4n) is 5.69. The number of hydrogen-bond donors (Lipinski definition) is 1. The Hall–Kier alpha value is -3.19. The van der Waals surface area contributed by atoms with Gasteiger partial charge < -0.3 is 29.0 Å². The summed E-state index contributed by atoms with van der Waals surface area (Å²) in [5, 5.41) is 11.5. The molecule has 2 aromatic rings. The summed E-state index contributed by atoms with van der Waals surface area (Å²) in [6.45, 7) is 0.480. The Morgan fingerprint density at radius 2 is 1.66 bits per heavy atom. The van der Waals surface area contributed by atoms with Crippen molar-refractivity contribution in [3.8, 4) is 23.0 Å². The number of amides is 1. The van der Waals surface area contributed by atoms with Crippen LogP contribution in [0.3, 0.4) is 0 Å². The van der Waals surface area contributed by atoms with Gasteiger partial charge in [-0.15, -0.1) is 0 Å². The normalized spacial score (nSPS) is 24.1. The third-order valence-electron chi connectivity index (χ3n) is 7.41. The predicted molar refractivity (Wildman–Crippen MR) is 134 cm³/mol. The summed E-state index contributed by atoms with van der Waals surface area (Å²) < 4.78 is 21.9. The number of rotatable bonds is 7. The fourth-order valence-corrected chi connectivity index (χ4v) is 5.69. The van der Waals surface area contributed by atoms with Gasteiger partial charge in [0.25, 0.3) is 0 Å². The summed E-state index contributed by atoms with van der Waals surface area (Å²) in [7, 11) is 6.32. The van der Waals surface area contributed by atoms with Crippen molar-refractivity contribution in [3.63, 3.8) is 0 Å². The molecule has 2 aromatic carbocycles. The van der Waals surface area contributed by atoms with Crippen LogP contribution in [0.15, 0.2) is 42.5 Å². The van der Waals surface area contributed by atoms with Crippen LogP contribution in [-0.2, 0) is 4.79 Å². The van der Waals surface area contributed by atoms with E-state index in [-0.39, 0.29) is 17.9 Å². The molecule has 0 aromatic heterocycles. The zero-order valence-corrected chi connectivity index (χ0v) is 21.0. The molecule has 1 amide bonds. The number of nitrogens with zero attached hydrogens (tertiary/aromatic N) is 1. The molecule has 188 valence electrons. The maximum atomic E-state index is 13.6. The topological polar surface area (TPSA) is 77.5 Å². The molecule has 3 atom stereocenters. The van der Waals surface area contributed by atoms with E-state index in [1.165, 1.54) is 0 Å². The Morgan fingerprint density at radius 3 is 2.31 bits per heavy atom. The van der Waals surface area contributed by atoms with Gasteiger partial charge >= 0.3 is 0 Å². The molecule has 4 rings (SSSR count). The van der Waals surface area contributed by atoms with Gasteiger partial charge in [-0.1, -0.05) is 31.0 Å². The number of piperidine rings is 1. The van der Waals surface area contributed by atoms with Gasteiger partial charge in [0.05, 0.1) is 40.1 Å². The molecule has 35 heavy (non-hydrogen) atoms. The quantitative estimate of drug-likeness (QED) is 0.581. The highest BCUT2D eigenvalue weighted by Crippen LogP contribution is 2.51. The number of carbonyl (C=O) groups is 1. The zero-order valence-electron chi connectivity index (χ0n) is 21.0. The first-order valence-electron chi connectivity index (χ1n) is 12.1. The minimum Gasteiger partial charge on any atom is -0.496 e. The summed E-state index contributed by atoms with van der Waals surface area (Å²) in [6.07, 6.45) is 7.62. The van der Waals surface area contributed by atoms with Crippen LogP contribution in [-0.4, -0.2) is 56.5 Å². The average molecular weight is 482 g/mol. The first-order chi connectivity index (χ1) is 17.0. The highest BCUT2D eigenvalue weighted by molar-refractivity contribution is 5.92. The lowest BCUT2D eigenvalue weighted by Crippen LogP contribution is -2.56. The van der Waals surface area contributed by atoms with E-state index < -0.39 is 5.60 Å². The van der Waals surface area contributed by atoms with Gasteiger partial charge in [0.15, 0.2) is 11.5 Å². The number of hydrogen-bond acceptors (Lipinski definition) is 6. The fraction of sp³-hybridized carbons (Fsp3) is 0.464. The Balaban J connectivity index is 1.68. The van der Waals surface area contributed by atoms with Gasteiger partial charge in [-0.05, 0) is 49.1 Å². The SMILES string of the molecule is COc1ccccc1[C@H]1[C@@H]2CCCC[C@]2(O)CCN1C(=O)C=Cc1cc(OC)c(OC)c(OC)c1. The van der Waals surface area contributed by atoms with Crippen LogP contribution in [0.2, 0.25) is 0 Å². The summed E-state index contributed by atoms with van der Waals surface area (Å²) in [5.41, 5.74) is 0.934. The number of carbonyl (C=O) groups excluding carboxylic acids is 1. The molecule has 1 saturated heterocycles. The lowest BCUT2D eigenvalue weighted by atomic mass is 9.66. The van der Waals surface area contributed by atoms with E-state index in [1.54, 1.807) is 52.7 Å². The molecule has 7 nitrogen and oxygen atoms in total. The zero-order chi connectivity index (χ0) is 25.0. The molecule has 0 radical (unpaired) electrons. The Morgan fingerprint density at radius 1 is 0.971 bits per heavy atom. The Bertz CT molecular complexity index is 1060. The Labute approximate surface area is 207 Å². The number of para-hydroxylation sites is 1. The minimum atomic E-state index is -0.763. The molecule has 7 heteroatoms. The molecular weight excluding hydrogens is 446 g/mol. The van der Waals surface area contributed by atoms with Crippen LogP contribution < -0.4 is 18.9 Å². The maximum Gasteiger partial charge on any atom is 0.247 e. The van der Waals surface area contributed by atoms with Crippen molar-refractivity contribution in [3.05, 3.63) is 53.6 Å². The van der Waals surface area contributed by atoms with Crippen molar-refractivity contribution in [1.29, 1.82) is 0 Å². The molecule has 2 fully saturated rings. The monoisotopic (exact) mass is 481 g/mol. The van der Waals surface area contributed by atoms with Crippen LogP contribution in [0.25, 0.3) is 6.08 Å². The summed E-state index contributed by atoms with van der Waals surface area (Å²) >= 11 is 0. The Kier molecular flexibility index (Phi) is 7.55. The smallest absolute Gasteiger partial charge is 0.247 e. The van der Waals surface area contributed by atoms with Crippen LogP contribution >= 0.6 is 0 Å². The summed E-state index contributed by atoms with van der Waals surface area (Å²) in [6, 6.07) is 11.2. The lowest BCUT2D eigenvalue weighted by molar-refractivity contribution is -0.151. The second kappa shape index (κ2) is 10.6. The number of aliphatic hydroxyl groups is 1. The van der Waals surface area contributed by atoms with Gasteiger partial charge in [-0.3, -0.25) is 4.79 Å². The summed E-state index contributed by atoms with van der Waals surface area (Å²) in [5.74, 6) is 2.13. The van der Waals surface area contributed by atoms with Crippen LogP contribution in [0.4, 0.5) is 0 Å². The molecule has 0 bridgehead atoms. The highest BCUT2D eigenvalue weighted by atomic mass is 16.5. The average Bonchev–Trinajstić information content (AvgIpc) is 2.89. The van der Waals surface area contributed by atoms with E-state index in [0.717, 1.165) is 42.6 Å². The van der Waals surface area contributed by atoms with Gasteiger partial charge in [-0.2, -0.15) is 0 Å². The van der Waals surface area contributed by atoms with Crippen molar-refractivity contribution < 1.29 is 28.8 Å². The van der Waals surface area contributed by atoms with Crippen LogP contribution in [0.5, 0.6) is 23.0 Å². The van der Waals surface area contributed by atoms with Gasteiger partial charge in [-0.25, -0.2) is 0 Å². The third kappa shape index (κ3) is 4.82. The number of fused-ring (bicyclic) bond motifs is 1. The van der Waals surface area contributed by atoms with Crippen LogP contribution in [0, 0.1) is 5.92 Å². The largest absolute Gasteiger partial charge is 0.496 e. The van der Waals surface area contributed by atoms with E-state index in [0.29, 0.717) is 30.2 Å². The number of likely N-dealkylation sites (tertiary alicyclic amines) is 1. The molecule has 2 aliphatic rings. The molecule has 1 N–H and O–H groups in total. The lowest BCUT2D eigenvalue weighted by Gasteiger charge is -2.52. The molecule has 1 heterocycles. The van der Waals surface area contributed by atoms with Gasteiger partial charge in [0, 0.05) is 24.1 Å². The second-order valence-corrected chi connectivity index (χ2v) is 9.22. The van der Waals surface area contributed by atoms with Crippen molar-refractivity contribution in [2.75, 3.05) is 35.0 Å². The number of methoxy groups -OCH3 is 4. The summed E-state index contributed by atoms with van der Waals surface area (Å²) in [4.78, 5) is 15.5. The molecule has 0 unspecified atom stereocenters. The van der Waals surface area contributed by atoms with E-state index in [2.05, 4.69) is 0 Å². The number of ether oxygens (including phenoxy) is 4. The highest BCUT2D eigenvalue weighted by Gasteiger charge is 2.50. The standard InChI is InChI=1S/C28H35NO6/c1-32-22-11-6-5-9-20(22)26-21-10-7-8-14-28(21,31)15-16-29(26)25(30)13-12-19-17-23(33-2)27(35-4)24(18-19)34-3/h5-6,9,11-13,17-18,21,26,31H,7-8,10,14-16H2,1-4H3/t21-,26-,28-/m0/s1. The molecule has 1 aliphatic heterocycles. The van der Waals surface area contributed by atoms with Gasteiger partial charge in [0.1, 0.15) is 5.75 Å². The van der Waals surface area contributed by atoms with E-state index in [4.69, 9.17) is 18.9 Å². The molecule has 0 spiro atoms. The second-order valence-electron chi connectivity index (χ2n) is 9.22. The first-order valence-corrected chi connectivity index (χ1v) is 12.1. The van der Waals surface area contributed by atoms with Crippen molar-refractivity contribution >= 4 is 12.0 Å². The number of benzene rings is 2. The van der Waals surface area contributed by atoms with Crippen molar-refractivity contribution in [2.45, 2.75) is 43.7 Å². The third-order valence-corrected chi connectivity index (χ3v) is 7.41. The molecule has 1 saturated carbocycles.